The molecule has 3 nitrogen and oxygen atoms in total. The second-order valence-corrected chi connectivity index (χ2v) is 6.09. The Morgan fingerprint density at radius 1 is 1.09 bits per heavy atom. The van der Waals surface area contributed by atoms with Gasteiger partial charge in [0.15, 0.2) is 5.11 Å². The molecule has 0 bridgehead atoms. The Bertz CT molecular complexity index is 623. The van der Waals surface area contributed by atoms with Crippen molar-refractivity contribution >= 4 is 23.0 Å². The lowest BCUT2D eigenvalue weighted by Gasteiger charge is -2.26. The number of benzene rings is 2. The zero-order valence-corrected chi connectivity index (χ0v) is 14.8. The van der Waals surface area contributed by atoms with Crippen LogP contribution in [0.4, 0.5) is 5.69 Å². The molecule has 0 spiro atoms. The fourth-order valence-electron chi connectivity index (χ4n) is 2.51. The Morgan fingerprint density at radius 3 is 2.35 bits per heavy atom. The molecule has 0 aliphatic rings. The Balaban J connectivity index is 2.09. The normalized spacial score (nSPS) is 10.4. The molecule has 0 heterocycles. The van der Waals surface area contributed by atoms with E-state index in [1.807, 2.05) is 18.2 Å². The van der Waals surface area contributed by atoms with Crippen molar-refractivity contribution in [2.24, 2.45) is 0 Å². The fraction of sp³-hybridized carbons (Fsp3) is 0.316. The summed E-state index contributed by atoms with van der Waals surface area (Å²) in [4.78, 5) is 2.13. The summed E-state index contributed by atoms with van der Waals surface area (Å²) in [5, 5.41) is 4.07. The molecule has 122 valence electrons. The summed E-state index contributed by atoms with van der Waals surface area (Å²) in [6, 6.07) is 16.7. The minimum absolute atomic E-state index is 0.640. The molecule has 1 N–H and O–H groups in total. The van der Waals surface area contributed by atoms with Gasteiger partial charge in [-0.3, -0.25) is 0 Å². The molecule has 0 saturated heterocycles. The summed E-state index contributed by atoms with van der Waals surface area (Å²) in [6.45, 7) is 6.34. The van der Waals surface area contributed by atoms with Crippen LogP contribution in [0.5, 0.6) is 0 Å². The van der Waals surface area contributed by atoms with Gasteiger partial charge in [0.1, 0.15) is 0 Å². The number of rotatable bonds is 6. The van der Waals surface area contributed by atoms with Crippen LogP contribution >= 0.6 is 12.2 Å². The monoisotopic (exact) mass is 328 g/mol. The lowest BCUT2D eigenvalue weighted by atomic mass is 10.1. The van der Waals surface area contributed by atoms with Crippen molar-refractivity contribution in [3.05, 3.63) is 65.2 Å². The van der Waals surface area contributed by atoms with Gasteiger partial charge in [-0.15, -0.1) is 0 Å². The maximum absolute atomic E-state index is 5.62. The molecular formula is C19H24N2OS. The smallest absolute Gasteiger partial charge is 0.173 e. The SMILES string of the molecule is COCCN(Cc1ccccc1)C(=S)Nc1cc(C)cc(C)c1. The second kappa shape index (κ2) is 8.65. The highest BCUT2D eigenvalue weighted by molar-refractivity contribution is 7.80. The third-order valence-corrected chi connectivity index (χ3v) is 3.90. The molecule has 0 amide bonds. The Kier molecular flexibility index (Phi) is 6.56. The zero-order valence-electron chi connectivity index (χ0n) is 14.0. The maximum Gasteiger partial charge on any atom is 0.173 e. The third kappa shape index (κ3) is 5.66. The van der Waals surface area contributed by atoms with Gasteiger partial charge in [-0.2, -0.15) is 0 Å². The lowest BCUT2D eigenvalue weighted by Crippen LogP contribution is -2.36. The van der Waals surface area contributed by atoms with Crippen LogP contribution in [0.2, 0.25) is 0 Å². The van der Waals surface area contributed by atoms with E-state index in [1.165, 1.54) is 16.7 Å². The van der Waals surface area contributed by atoms with E-state index in [2.05, 4.69) is 54.4 Å². The van der Waals surface area contributed by atoms with Crippen molar-refractivity contribution < 1.29 is 4.74 Å². The topological polar surface area (TPSA) is 24.5 Å². The fourth-order valence-corrected chi connectivity index (χ4v) is 2.78. The van der Waals surface area contributed by atoms with Crippen LogP contribution in [0.15, 0.2) is 48.5 Å². The summed E-state index contributed by atoms with van der Waals surface area (Å²) in [5.41, 5.74) is 4.71. The minimum atomic E-state index is 0.640. The van der Waals surface area contributed by atoms with Crippen LogP contribution in [0.3, 0.4) is 0 Å². The summed E-state index contributed by atoms with van der Waals surface area (Å²) in [6.07, 6.45) is 0. The van der Waals surface area contributed by atoms with Crippen molar-refractivity contribution in [3.8, 4) is 0 Å². The molecule has 23 heavy (non-hydrogen) atoms. The highest BCUT2D eigenvalue weighted by Gasteiger charge is 2.11. The minimum Gasteiger partial charge on any atom is -0.383 e. The molecular weight excluding hydrogens is 304 g/mol. The van der Waals surface area contributed by atoms with E-state index in [9.17, 15) is 0 Å². The first-order chi connectivity index (χ1) is 11.1. The van der Waals surface area contributed by atoms with Gasteiger partial charge in [0.2, 0.25) is 0 Å². The molecule has 0 unspecified atom stereocenters. The zero-order chi connectivity index (χ0) is 16.7. The number of hydrogen-bond donors (Lipinski definition) is 1. The Morgan fingerprint density at radius 2 is 1.74 bits per heavy atom. The Labute approximate surface area is 144 Å². The van der Waals surface area contributed by atoms with Crippen LogP contribution in [0.1, 0.15) is 16.7 Å². The van der Waals surface area contributed by atoms with E-state index in [4.69, 9.17) is 17.0 Å². The molecule has 0 aliphatic carbocycles. The van der Waals surface area contributed by atoms with Crippen LogP contribution < -0.4 is 5.32 Å². The number of hydrogen-bond acceptors (Lipinski definition) is 2. The van der Waals surface area contributed by atoms with E-state index in [0.717, 1.165) is 23.9 Å². The van der Waals surface area contributed by atoms with Crippen LogP contribution in [0.25, 0.3) is 0 Å². The van der Waals surface area contributed by atoms with Crippen molar-refractivity contribution in [1.29, 1.82) is 0 Å². The third-order valence-electron chi connectivity index (χ3n) is 3.54. The van der Waals surface area contributed by atoms with E-state index in [1.54, 1.807) is 7.11 Å². The number of methoxy groups -OCH3 is 1. The van der Waals surface area contributed by atoms with Gasteiger partial charge >= 0.3 is 0 Å². The van der Waals surface area contributed by atoms with E-state index < -0.39 is 0 Å². The number of anilines is 1. The first-order valence-electron chi connectivity index (χ1n) is 7.75. The molecule has 0 atom stereocenters. The summed E-state index contributed by atoms with van der Waals surface area (Å²) in [7, 11) is 1.71. The van der Waals surface area contributed by atoms with Crippen molar-refractivity contribution in [2.45, 2.75) is 20.4 Å². The number of nitrogens with zero attached hydrogens (tertiary/aromatic N) is 1. The molecule has 0 aromatic heterocycles. The molecule has 0 radical (unpaired) electrons. The van der Waals surface area contributed by atoms with E-state index in [-0.39, 0.29) is 0 Å². The predicted octanol–water partition coefficient (Wildman–Crippen LogP) is 4.15. The highest BCUT2D eigenvalue weighted by Crippen LogP contribution is 2.15. The molecule has 0 saturated carbocycles. The van der Waals surface area contributed by atoms with Gasteiger partial charge in [-0.05, 0) is 54.9 Å². The molecule has 2 aromatic rings. The number of thiocarbonyl (C=S) groups is 1. The molecule has 2 aromatic carbocycles. The van der Waals surface area contributed by atoms with Gasteiger partial charge in [0.05, 0.1) is 6.61 Å². The largest absolute Gasteiger partial charge is 0.383 e. The second-order valence-electron chi connectivity index (χ2n) is 5.71. The maximum atomic E-state index is 5.62. The summed E-state index contributed by atoms with van der Waals surface area (Å²) < 4.78 is 5.22. The summed E-state index contributed by atoms with van der Waals surface area (Å²) >= 11 is 5.62. The quantitative estimate of drug-likeness (QED) is 0.805. The van der Waals surface area contributed by atoms with Crippen LogP contribution in [0, 0.1) is 13.8 Å². The van der Waals surface area contributed by atoms with Crippen LogP contribution in [-0.4, -0.2) is 30.3 Å². The van der Waals surface area contributed by atoms with Crippen LogP contribution in [-0.2, 0) is 11.3 Å². The standard InChI is InChI=1S/C19H24N2OS/c1-15-11-16(2)13-18(12-15)20-19(23)21(9-10-22-3)14-17-7-5-4-6-8-17/h4-8,11-13H,9-10,14H2,1-3H3,(H,20,23). The van der Waals surface area contributed by atoms with Crippen molar-refractivity contribution in [2.75, 3.05) is 25.6 Å². The van der Waals surface area contributed by atoms with Crippen molar-refractivity contribution in [1.82, 2.24) is 4.90 Å². The van der Waals surface area contributed by atoms with E-state index in [0.29, 0.717) is 6.61 Å². The first-order valence-corrected chi connectivity index (χ1v) is 8.16. The average Bonchev–Trinajstić information content (AvgIpc) is 2.51. The predicted molar refractivity (Wildman–Crippen MR) is 101 cm³/mol. The Hall–Kier alpha value is -1.91. The number of aryl methyl sites for hydroxylation is 2. The van der Waals surface area contributed by atoms with Gasteiger partial charge in [0.25, 0.3) is 0 Å². The molecule has 2 rings (SSSR count). The van der Waals surface area contributed by atoms with Gasteiger partial charge in [0, 0.05) is 25.9 Å². The summed E-state index contributed by atoms with van der Waals surface area (Å²) in [5.74, 6) is 0. The van der Waals surface area contributed by atoms with Gasteiger partial charge < -0.3 is 15.0 Å². The molecule has 0 aliphatic heterocycles. The molecule has 4 heteroatoms. The number of ether oxygens (including phenoxy) is 1. The van der Waals surface area contributed by atoms with E-state index >= 15 is 0 Å². The molecule has 0 fully saturated rings. The highest BCUT2D eigenvalue weighted by atomic mass is 32.1. The van der Waals surface area contributed by atoms with Crippen molar-refractivity contribution in [3.63, 3.8) is 0 Å². The van der Waals surface area contributed by atoms with Gasteiger partial charge in [-0.25, -0.2) is 0 Å². The van der Waals surface area contributed by atoms with Gasteiger partial charge in [-0.1, -0.05) is 36.4 Å². The number of nitrogens with one attached hydrogen (secondary N) is 1. The first kappa shape index (κ1) is 17.4. The lowest BCUT2D eigenvalue weighted by molar-refractivity contribution is 0.175. The average molecular weight is 328 g/mol.